The molecule has 4 nitrogen and oxygen atoms in total. The van der Waals surface area contributed by atoms with Crippen LogP contribution in [0.5, 0.6) is 0 Å². The van der Waals surface area contributed by atoms with Crippen molar-refractivity contribution in [3.8, 4) is 0 Å². The number of esters is 1. The van der Waals surface area contributed by atoms with Gasteiger partial charge in [0.2, 0.25) is 0 Å². The van der Waals surface area contributed by atoms with Crippen LogP contribution in [0, 0.1) is 0 Å². The fourth-order valence-electron chi connectivity index (χ4n) is 4.74. The normalized spacial score (nSPS) is 21.9. The number of hydrogen-bond donors (Lipinski definition) is 0. The number of aryl methyl sites for hydroxylation is 2. The summed E-state index contributed by atoms with van der Waals surface area (Å²) in [5.41, 5.74) is 3.20. The Hall–Kier alpha value is -2.17. The first-order valence-electron chi connectivity index (χ1n) is 12.3. The zero-order chi connectivity index (χ0) is 22.0. The van der Waals surface area contributed by atoms with Crippen molar-refractivity contribution in [1.82, 2.24) is 0 Å². The monoisotopic (exact) mass is 436 g/mol. The summed E-state index contributed by atoms with van der Waals surface area (Å²) in [6, 6.07) is 18.3. The molecule has 0 aromatic heterocycles. The molecule has 4 rings (SSSR count). The largest absolute Gasteiger partial charge is 0.459 e. The third kappa shape index (κ3) is 7.18. The van der Waals surface area contributed by atoms with Gasteiger partial charge in [0, 0.05) is 0 Å². The number of benzene rings is 2. The van der Waals surface area contributed by atoms with Gasteiger partial charge in [0.1, 0.15) is 12.9 Å². The highest BCUT2D eigenvalue weighted by Crippen LogP contribution is 2.25. The van der Waals surface area contributed by atoms with E-state index in [2.05, 4.69) is 24.3 Å². The third-order valence-electron chi connectivity index (χ3n) is 6.79. The molecule has 2 aromatic carbocycles. The summed E-state index contributed by atoms with van der Waals surface area (Å²) < 4.78 is 17.6. The lowest BCUT2D eigenvalue weighted by atomic mass is 9.95. The molecule has 0 unspecified atom stereocenters. The molecule has 4 heteroatoms. The van der Waals surface area contributed by atoms with E-state index in [0.29, 0.717) is 18.5 Å². The maximum atomic E-state index is 12.6. The maximum absolute atomic E-state index is 12.6. The van der Waals surface area contributed by atoms with E-state index in [1.807, 2.05) is 30.3 Å². The van der Waals surface area contributed by atoms with Crippen molar-refractivity contribution in [3.63, 3.8) is 0 Å². The minimum Gasteiger partial charge on any atom is -0.459 e. The summed E-state index contributed by atoms with van der Waals surface area (Å²) in [6.45, 7) is 0.399. The van der Waals surface area contributed by atoms with Gasteiger partial charge in [0.05, 0.1) is 17.8 Å². The van der Waals surface area contributed by atoms with Gasteiger partial charge in [0.25, 0.3) is 0 Å². The molecule has 0 spiro atoms. The summed E-state index contributed by atoms with van der Waals surface area (Å²) in [5, 5.41) is 0. The average molecular weight is 437 g/mol. The highest BCUT2D eigenvalue weighted by Gasteiger charge is 2.25. The van der Waals surface area contributed by atoms with E-state index >= 15 is 0 Å². The highest BCUT2D eigenvalue weighted by molar-refractivity contribution is 5.89. The van der Waals surface area contributed by atoms with Gasteiger partial charge in [-0.1, -0.05) is 61.7 Å². The van der Waals surface area contributed by atoms with Gasteiger partial charge < -0.3 is 14.2 Å². The number of carbonyl (C=O) groups is 1. The predicted molar refractivity (Wildman–Crippen MR) is 126 cm³/mol. The van der Waals surface area contributed by atoms with Crippen LogP contribution in [0.25, 0.3) is 0 Å². The fourth-order valence-corrected chi connectivity index (χ4v) is 4.74. The van der Waals surface area contributed by atoms with Crippen LogP contribution in [0.1, 0.15) is 79.3 Å². The molecule has 0 radical (unpaired) electrons. The minimum atomic E-state index is -0.218. The van der Waals surface area contributed by atoms with Crippen molar-refractivity contribution >= 4 is 5.97 Å². The third-order valence-corrected chi connectivity index (χ3v) is 6.79. The smallest absolute Gasteiger partial charge is 0.338 e. The molecule has 2 aromatic rings. The second kappa shape index (κ2) is 12.2. The first-order chi connectivity index (χ1) is 15.8. The van der Waals surface area contributed by atoms with Crippen molar-refractivity contribution < 1.29 is 19.0 Å². The number of ether oxygens (including phenoxy) is 3. The molecular formula is C28H36O4. The van der Waals surface area contributed by atoms with Crippen molar-refractivity contribution in [3.05, 3.63) is 71.3 Å². The molecule has 0 aliphatic heterocycles. The quantitative estimate of drug-likeness (QED) is 0.344. The molecule has 0 N–H and O–H groups in total. The van der Waals surface area contributed by atoms with E-state index in [9.17, 15) is 4.79 Å². The van der Waals surface area contributed by atoms with Crippen LogP contribution in [0.2, 0.25) is 0 Å². The van der Waals surface area contributed by atoms with Gasteiger partial charge >= 0.3 is 5.97 Å². The first-order valence-corrected chi connectivity index (χ1v) is 12.3. The standard InChI is InChI=1S/C28H36O4/c29-28(24-15-13-23(14-16-24)12-11-22-7-3-1-4-8-22)32-27-19-17-26(18-20-27)31-21-30-25-9-5-2-6-10-25/h1,3-4,7-8,13-16,25-27H,2,5-6,9-12,17-21H2. The Morgan fingerprint density at radius 1 is 0.656 bits per heavy atom. The molecule has 0 saturated heterocycles. The second-order valence-electron chi connectivity index (χ2n) is 9.20. The highest BCUT2D eigenvalue weighted by atomic mass is 16.7. The Morgan fingerprint density at radius 3 is 1.88 bits per heavy atom. The zero-order valence-corrected chi connectivity index (χ0v) is 19.0. The first kappa shape index (κ1) is 23.0. The second-order valence-corrected chi connectivity index (χ2v) is 9.20. The van der Waals surface area contributed by atoms with Crippen molar-refractivity contribution in [2.75, 3.05) is 6.79 Å². The molecule has 2 aliphatic rings. The van der Waals surface area contributed by atoms with E-state index < -0.39 is 0 Å². The molecule has 0 bridgehead atoms. The van der Waals surface area contributed by atoms with Gasteiger partial charge in [-0.3, -0.25) is 0 Å². The van der Waals surface area contributed by atoms with E-state index in [1.165, 1.54) is 43.2 Å². The SMILES string of the molecule is O=C(OC1CCC(OCOC2CCCCC2)CC1)c1ccc(CCc2ccccc2)cc1. The van der Waals surface area contributed by atoms with E-state index in [-0.39, 0.29) is 18.2 Å². The number of hydrogen-bond acceptors (Lipinski definition) is 4. The molecular weight excluding hydrogens is 400 g/mol. The zero-order valence-electron chi connectivity index (χ0n) is 19.0. The molecule has 0 heterocycles. The van der Waals surface area contributed by atoms with Crippen LogP contribution in [0.3, 0.4) is 0 Å². The van der Waals surface area contributed by atoms with Gasteiger partial charge in [-0.2, -0.15) is 0 Å². The Balaban J connectivity index is 1.14. The summed E-state index contributed by atoms with van der Waals surface area (Å²) in [5.74, 6) is -0.218. The number of carbonyl (C=O) groups excluding carboxylic acids is 1. The lowest BCUT2D eigenvalue weighted by molar-refractivity contribution is -0.136. The maximum Gasteiger partial charge on any atom is 0.338 e. The molecule has 0 atom stereocenters. The van der Waals surface area contributed by atoms with Gasteiger partial charge in [0.15, 0.2) is 0 Å². The molecule has 2 aliphatic carbocycles. The number of rotatable bonds is 9. The Bertz CT molecular complexity index is 803. The van der Waals surface area contributed by atoms with Gasteiger partial charge in [-0.15, -0.1) is 0 Å². The topological polar surface area (TPSA) is 44.8 Å². The van der Waals surface area contributed by atoms with Crippen molar-refractivity contribution in [1.29, 1.82) is 0 Å². The van der Waals surface area contributed by atoms with Crippen LogP contribution in [0.4, 0.5) is 0 Å². The Labute approximate surface area is 192 Å². The fraction of sp³-hybridized carbons (Fsp3) is 0.536. The molecule has 172 valence electrons. The van der Waals surface area contributed by atoms with Crippen molar-refractivity contribution in [2.45, 2.75) is 88.9 Å². The molecule has 2 fully saturated rings. The van der Waals surface area contributed by atoms with Crippen LogP contribution in [0.15, 0.2) is 54.6 Å². The predicted octanol–water partition coefficient (Wildman–Crippen LogP) is 6.26. The van der Waals surface area contributed by atoms with Crippen molar-refractivity contribution in [2.24, 2.45) is 0 Å². The lowest BCUT2D eigenvalue weighted by Crippen LogP contribution is -2.29. The Morgan fingerprint density at radius 2 is 1.22 bits per heavy atom. The lowest BCUT2D eigenvalue weighted by Gasteiger charge is -2.29. The summed E-state index contributed by atoms with van der Waals surface area (Å²) in [7, 11) is 0. The van der Waals surface area contributed by atoms with Gasteiger partial charge in [-0.25, -0.2) is 4.79 Å². The van der Waals surface area contributed by atoms with Gasteiger partial charge in [-0.05, 0) is 74.6 Å². The minimum absolute atomic E-state index is 0.0145. The van der Waals surface area contributed by atoms with Crippen LogP contribution >= 0.6 is 0 Å². The Kier molecular flexibility index (Phi) is 8.75. The van der Waals surface area contributed by atoms with E-state index in [4.69, 9.17) is 14.2 Å². The summed E-state index contributed by atoms with van der Waals surface area (Å²) >= 11 is 0. The van der Waals surface area contributed by atoms with E-state index in [1.54, 1.807) is 0 Å². The average Bonchev–Trinajstić information content (AvgIpc) is 2.85. The van der Waals surface area contributed by atoms with Crippen LogP contribution in [-0.4, -0.2) is 31.1 Å². The molecule has 0 amide bonds. The van der Waals surface area contributed by atoms with E-state index in [0.717, 1.165) is 38.5 Å². The summed E-state index contributed by atoms with van der Waals surface area (Å²) in [4.78, 5) is 12.6. The molecule has 2 saturated carbocycles. The summed E-state index contributed by atoms with van der Waals surface area (Å²) in [6.07, 6.45) is 12.3. The van der Waals surface area contributed by atoms with Crippen LogP contribution in [-0.2, 0) is 27.1 Å². The molecule has 32 heavy (non-hydrogen) atoms. The van der Waals surface area contributed by atoms with Crippen LogP contribution < -0.4 is 0 Å².